The minimum Gasteiger partial charge on any atom is -0.502 e. The molecular weight excluding hydrogens is 469 g/mol. The van der Waals surface area contributed by atoms with E-state index in [9.17, 15) is 38.4 Å². The summed E-state index contributed by atoms with van der Waals surface area (Å²) in [5, 5.41) is 19.3. The molecule has 1 aliphatic heterocycles. The van der Waals surface area contributed by atoms with Crippen LogP contribution >= 0.6 is 23.5 Å². The smallest absolute Gasteiger partial charge is 0.490 e. The molecule has 0 spiro atoms. The highest BCUT2D eigenvalue weighted by atomic mass is 31.3. The molecule has 5 unspecified atom stereocenters. The first-order chi connectivity index (χ1) is 13.1. The van der Waals surface area contributed by atoms with Gasteiger partial charge in [0, 0.05) is 6.42 Å². The van der Waals surface area contributed by atoms with Crippen molar-refractivity contribution in [2.75, 3.05) is 6.61 Å². The van der Waals surface area contributed by atoms with Gasteiger partial charge >= 0.3 is 29.2 Å². The Balaban J connectivity index is 2.03. The largest absolute Gasteiger partial charge is 0.502 e. The number of phosphoric ester groups is 1. The summed E-state index contributed by atoms with van der Waals surface area (Å²) in [5.74, 6) is -0.820. The topological polar surface area (TPSA) is 264 Å². The van der Waals surface area contributed by atoms with E-state index in [1.54, 1.807) is 4.98 Å². The number of aromatic amines is 1. The number of aliphatic hydroxyl groups excluding tert-OH is 1. The molecule has 1 aromatic heterocycles. The van der Waals surface area contributed by atoms with Crippen LogP contribution in [0.2, 0.25) is 0 Å². The van der Waals surface area contributed by atoms with Gasteiger partial charge in [-0.25, -0.2) is 18.5 Å². The average molecular weight is 484 g/mol. The van der Waals surface area contributed by atoms with Crippen molar-refractivity contribution in [1.82, 2.24) is 9.55 Å². The van der Waals surface area contributed by atoms with E-state index in [0.29, 0.717) is 0 Å². The van der Waals surface area contributed by atoms with Gasteiger partial charge in [0.1, 0.15) is 12.3 Å². The molecule has 166 valence electrons. The van der Waals surface area contributed by atoms with Crippen molar-refractivity contribution in [3.05, 3.63) is 27.0 Å². The lowest BCUT2D eigenvalue weighted by atomic mass is 10.2. The molecule has 20 heteroatoms. The third-order valence-electron chi connectivity index (χ3n) is 3.28. The van der Waals surface area contributed by atoms with Crippen molar-refractivity contribution in [3.8, 4) is 5.75 Å². The Kier molecular flexibility index (Phi) is 7.07. The SMILES string of the molecule is O=c1[nH]c(=O)n(C2CC(O)C(COP(=O)(O)OP(=O)(O)OP(=O)(O)O)O2)cc1O. The fourth-order valence-corrected chi connectivity index (χ4v) is 5.23. The second-order valence-corrected chi connectivity index (χ2v) is 9.92. The number of nitrogens with one attached hydrogen (secondary N) is 1. The molecule has 5 atom stereocenters. The van der Waals surface area contributed by atoms with Crippen molar-refractivity contribution < 1.29 is 61.4 Å². The van der Waals surface area contributed by atoms with Gasteiger partial charge in [-0.15, -0.1) is 0 Å². The monoisotopic (exact) mass is 484 g/mol. The van der Waals surface area contributed by atoms with Crippen molar-refractivity contribution in [2.45, 2.75) is 24.9 Å². The predicted octanol–water partition coefficient (Wildman–Crippen LogP) is -1.77. The second-order valence-electron chi connectivity index (χ2n) is 5.50. The fourth-order valence-electron chi connectivity index (χ4n) is 2.20. The zero-order valence-corrected chi connectivity index (χ0v) is 16.6. The second kappa shape index (κ2) is 8.51. The molecular formula is C9H15N2O15P3. The van der Waals surface area contributed by atoms with E-state index in [4.69, 9.17) is 19.4 Å². The first-order valence-corrected chi connectivity index (χ1v) is 11.8. The summed E-state index contributed by atoms with van der Waals surface area (Å²) in [4.78, 5) is 59.9. The first kappa shape index (κ1) is 24.1. The number of hydrogen-bond acceptors (Lipinski definition) is 11. The van der Waals surface area contributed by atoms with E-state index in [-0.39, 0.29) is 6.42 Å². The van der Waals surface area contributed by atoms with E-state index in [1.165, 1.54) is 0 Å². The summed E-state index contributed by atoms with van der Waals surface area (Å²) in [5.41, 5.74) is -2.05. The van der Waals surface area contributed by atoms with Crippen LogP contribution in [-0.4, -0.2) is 58.2 Å². The van der Waals surface area contributed by atoms with Gasteiger partial charge in [-0.05, 0) is 0 Å². The molecule has 2 rings (SSSR count). The normalized spacial score (nSPS) is 26.7. The number of rotatable bonds is 8. The Labute approximate surface area is 159 Å². The van der Waals surface area contributed by atoms with Gasteiger partial charge in [0.2, 0.25) is 0 Å². The standard InChI is InChI=1S/C9H15N2O15P3/c12-4-1-7(11-2-5(13)8(14)10-9(11)15)24-6(4)3-23-28(19,20)26-29(21,22)25-27(16,17)18/h2,4,6-7,12-13H,1,3H2,(H,19,20)(H,21,22)(H,10,14,15)(H2,16,17,18). The molecule has 7 N–H and O–H groups in total. The molecule has 17 nitrogen and oxygen atoms in total. The number of ether oxygens (including phenoxy) is 1. The lowest BCUT2D eigenvalue weighted by molar-refractivity contribution is -0.0451. The molecule has 1 saturated heterocycles. The minimum atomic E-state index is -5.70. The maximum absolute atomic E-state index is 11.7. The highest BCUT2D eigenvalue weighted by Gasteiger charge is 2.43. The molecule has 0 saturated carbocycles. The van der Waals surface area contributed by atoms with Crippen molar-refractivity contribution in [2.24, 2.45) is 0 Å². The van der Waals surface area contributed by atoms with E-state index in [2.05, 4.69) is 13.1 Å². The van der Waals surface area contributed by atoms with Gasteiger partial charge in [0.25, 0.3) is 5.56 Å². The van der Waals surface area contributed by atoms with Gasteiger partial charge in [-0.1, -0.05) is 0 Å². The highest BCUT2D eigenvalue weighted by molar-refractivity contribution is 7.66. The van der Waals surface area contributed by atoms with Crippen LogP contribution in [0, 0.1) is 0 Å². The summed E-state index contributed by atoms with van der Waals surface area (Å²) in [7, 11) is -16.7. The van der Waals surface area contributed by atoms with E-state index < -0.39 is 65.5 Å². The number of aromatic hydroxyl groups is 1. The number of aliphatic hydroxyl groups is 1. The van der Waals surface area contributed by atoms with Crippen LogP contribution in [0.1, 0.15) is 12.6 Å². The molecule has 29 heavy (non-hydrogen) atoms. The van der Waals surface area contributed by atoms with Gasteiger partial charge < -0.3 is 34.5 Å². The quantitative estimate of drug-likeness (QED) is 0.201. The van der Waals surface area contributed by atoms with Crippen LogP contribution < -0.4 is 11.2 Å². The van der Waals surface area contributed by atoms with Crippen LogP contribution in [0.5, 0.6) is 5.75 Å². The van der Waals surface area contributed by atoms with Gasteiger partial charge in [0.05, 0.1) is 18.9 Å². The van der Waals surface area contributed by atoms with E-state index in [1.807, 2.05) is 0 Å². The average Bonchev–Trinajstić information content (AvgIpc) is 2.86. The van der Waals surface area contributed by atoms with Gasteiger partial charge in [-0.2, -0.15) is 8.62 Å². The van der Waals surface area contributed by atoms with Crippen molar-refractivity contribution in [1.29, 1.82) is 0 Å². The fraction of sp³-hybridized carbons (Fsp3) is 0.556. The number of nitrogens with zero attached hydrogens (tertiary/aromatic N) is 1. The summed E-state index contributed by atoms with van der Waals surface area (Å²) < 4.78 is 50.7. The van der Waals surface area contributed by atoms with Crippen molar-refractivity contribution >= 4 is 23.5 Å². The lowest BCUT2D eigenvalue weighted by Crippen LogP contribution is -2.32. The Morgan fingerprint density at radius 2 is 1.76 bits per heavy atom. The lowest BCUT2D eigenvalue weighted by Gasteiger charge is -2.19. The highest BCUT2D eigenvalue weighted by Crippen LogP contribution is 2.66. The predicted molar refractivity (Wildman–Crippen MR) is 87.3 cm³/mol. The molecule has 0 amide bonds. The third-order valence-corrected chi connectivity index (χ3v) is 7.08. The zero-order valence-electron chi connectivity index (χ0n) is 13.9. The third kappa shape index (κ3) is 6.93. The molecule has 1 fully saturated rings. The molecule has 0 bridgehead atoms. The molecule has 2 heterocycles. The maximum atomic E-state index is 11.7. The maximum Gasteiger partial charge on any atom is 0.490 e. The summed E-state index contributed by atoms with van der Waals surface area (Å²) >= 11 is 0. The Morgan fingerprint density at radius 1 is 1.14 bits per heavy atom. The molecule has 0 aliphatic carbocycles. The van der Waals surface area contributed by atoms with Gasteiger partial charge in [-0.3, -0.25) is 18.9 Å². The van der Waals surface area contributed by atoms with Crippen LogP contribution in [-0.2, 0) is 31.6 Å². The molecule has 0 radical (unpaired) electrons. The molecule has 0 aromatic carbocycles. The van der Waals surface area contributed by atoms with Crippen LogP contribution in [0.15, 0.2) is 15.8 Å². The minimum absolute atomic E-state index is 0.282. The zero-order chi connectivity index (χ0) is 22.2. The first-order valence-electron chi connectivity index (χ1n) is 7.25. The Bertz CT molecular complexity index is 1010. The van der Waals surface area contributed by atoms with Crippen LogP contribution in [0.25, 0.3) is 0 Å². The number of aromatic nitrogens is 2. The molecule has 1 aromatic rings. The number of phosphoric acid groups is 3. The van der Waals surface area contributed by atoms with E-state index >= 15 is 0 Å². The summed E-state index contributed by atoms with van der Waals surface area (Å²) in [6.45, 7) is -0.939. The van der Waals surface area contributed by atoms with Crippen LogP contribution in [0.3, 0.4) is 0 Å². The Hall–Kier alpha value is -1.19. The molecule has 1 aliphatic rings. The number of H-pyrrole nitrogens is 1. The summed E-state index contributed by atoms with van der Waals surface area (Å²) in [6, 6.07) is 0. The van der Waals surface area contributed by atoms with E-state index in [0.717, 1.165) is 10.8 Å². The summed E-state index contributed by atoms with van der Waals surface area (Å²) in [6.07, 6.45) is -3.55. The van der Waals surface area contributed by atoms with Gasteiger partial charge in [0.15, 0.2) is 5.75 Å². The Morgan fingerprint density at radius 3 is 2.34 bits per heavy atom. The van der Waals surface area contributed by atoms with Crippen LogP contribution in [0.4, 0.5) is 0 Å². The van der Waals surface area contributed by atoms with Crippen molar-refractivity contribution in [3.63, 3.8) is 0 Å². The number of hydrogen-bond donors (Lipinski definition) is 7.